The van der Waals surface area contributed by atoms with E-state index in [0.29, 0.717) is 6.42 Å². The predicted octanol–water partition coefficient (Wildman–Crippen LogP) is 0.611. The van der Waals surface area contributed by atoms with Crippen LogP contribution in [0.2, 0.25) is 0 Å². The molecular formula is C9H18O5. The van der Waals surface area contributed by atoms with Crippen molar-refractivity contribution in [3.05, 3.63) is 0 Å². The zero-order valence-electron chi connectivity index (χ0n) is 8.82. The van der Waals surface area contributed by atoms with Crippen molar-refractivity contribution in [3.63, 3.8) is 0 Å². The fourth-order valence-corrected chi connectivity index (χ4v) is 1.26. The summed E-state index contributed by atoms with van der Waals surface area (Å²) in [6.45, 7) is 1.91. The lowest BCUT2D eigenvalue weighted by molar-refractivity contribution is -0.227. The fraction of sp³-hybridized carbons (Fsp3) is 0.889. The van der Waals surface area contributed by atoms with Gasteiger partial charge in [0.05, 0.1) is 0 Å². The summed E-state index contributed by atoms with van der Waals surface area (Å²) < 4.78 is 9.54. The minimum atomic E-state index is -1.96. The van der Waals surface area contributed by atoms with Crippen LogP contribution in [-0.4, -0.2) is 42.3 Å². The normalized spacial score (nSPS) is 15.5. The molecule has 0 spiro atoms. The van der Waals surface area contributed by atoms with E-state index in [-0.39, 0.29) is 6.42 Å². The molecule has 0 fully saturated rings. The van der Waals surface area contributed by atoms with E-state index in [1.165, 1.54) is 14.2 Å². The van der Waals surface area contributed by atoms with Gasteiger partial charge >= 0.3 is 5.97 Å². The summed E-state index contributed by atoms with van der Waals surface area (Å²) in [5, 5.41) is 18.7. The van der Waals surface area contributed by atoms with Crippen LogP contribution in [0.5, 0.6) is 0 Å². The van der Waals surface area contributed by atoms with E-state index in [1.807, 2.05) is 6.92 Å². The highest BCUT2D eigenvalue weighted by Crippen LogP contribution is 2.22. The van der Waals surface area contributed by atoms with Crippen molar-refractivity contribution in [1.29, 1.82) is 0 Å². The van der Waals surface area contributed by atoms with Gasteiger partial charge in [-0.05, 0) is 6.42 Å². The number of aliphatic hydroxyl groups is 1. The van der Waals surface area contributed by atoms with Crippen molar-refractivity contribution in [2.24, 2.45) is 0 Å². The Hall–Kier alpha value is -0.650. The van der Waals surface area contributed by atoms with E-state index < -0.39 is 17.9 Å². The van der Waals surface area contributed by atoms with E-state index in [9.17, 15) is 9.90 Å². The molecule has 0 bridgehead atoms. The SMILES string of the molecule is CCCC[C@](O)(C(=O)O)C(OC)OC. The minimum absolute atomic E-state index is 0.116. The van der Waals surface area contributed by atoms with E-state index in [4.69, 9.17) is 14.6 Å². The second-order valence-electron chi connectivity index (χ2n) is 3.14. The Morgan fingerprint density at radius 3 is 2.21 bits per heavy atom. The van der Waals surface area contributed by atoms with Gasteiger partial charge in [-0.2, -0.15) is 0 Å². The average Bonchev–Trinajstić information content (AvgIpc) is 2.16. The van der Waals surface area contributed by atoms with E-state index >= 15 is 0 Å². The molecule has 0 aromatic carbocycles. The van der Waals surface area contributed by atoms with Crippen molar-refractivity contribution >= 4 is 5.97 Å². The lowest BCUT2D eigenvalue weighted by Crippen LogP contribution is -2.51. The third-order valence-corrected chi connectivity index (χ3v) is 2.10. The van der Waals surface area contributed by atoms with Crippen LogP contribution in [0, 0.1) is 0 Å². The summed E-state index contributed by atoms with van der Waals surface area (Å²) in [6.07, 6.45) is 0.388. The Labute approximate surface area is 83.6 Å². The zero-order chi connectivity index (χ0) is 11.2. The van der Waals surface area contributed by atoms with E-state index in [1.54, 1.807) is 0 Å². The van der Waals surface area contributed by atoms with Crippen LogP contribution in [-0.2, 0) is 14.3 Å². The summed E-state index contributed by atoms with van der Waals surface area (Å²) in [5.74, 6) is -1.32. The molecule has 14 heavy (non-hydrogen) atoms. The molecule has 0 aliphatic rings. The maximum Gasteiger partial charge on any atom is 0.341 e. The number of hydrogen-bond donors (Lipinski definition) is 2. The molecule has 0 aromatic rings. The Kier molecular flexibility index (Phi) is 5.68. The summed E-state index contributed by atoms with van der Waals surface area (Å²) in [6, 6.07) is 0. The first kappa shape index (κ1) is 13.4. The standard InChI is InChI=1S/C9H18O5/c1-4-5-6-9(12,7(10)11)8(13-2)14-3/h8,12H,4-6H2,1-3H3,(H,10,11)/t9-/m0/s1. The number of carboxylic acids is 1. The van der Waals surface area contributed by atoms with Gasteiger partial charge in [-0.15, -0.1) is 0 Å². The number of hydrogen-bond acceptors (Lipinski definition) is 4. The van der Waals surface area contributed by atoms with Crippen molar-refractivity contribution in [2.75, 3.05) is 14.2 Å². The van der Waals surface area contributed by atoms with Crippen LogP contribution in [0.25, 0.3) is 0 Å². The van der Waals surface area contributed by atoms with Crippen LogP contribution >= 0.6 is 0 Å². The van der Waals surface area contributed by atoms with Crippen LogP contribution in [0.1, 0.15) is 26.2 Å². The van der Waals surface area contributed by atoms with E-state index in [0.717, 1.165) is 6.42 Å². The summed E-state index contributed by atoms with van der Waals surface area (Å²) >= 11 is 0. The molecular weight excluding hydrogens is 188 g/mol. The van der Waals surface area contributed by atoms with Gasteiger partial charge in [-0.25, -0.2) is 4.79 Å². The highest BCUT2D eigenvalue weighted by Gasteiger charge is 2.44. The molecule has 0 unspecified atom stereocenters. The Bertz CT molecular complexity index is 178. The number of unbranched alkanes of at least 4 members (excludes halogenated alkanes) is 1. The number of carboxylic acid groups (broad SMARTS) is 1. The van der Waals surface area contributed by atoms with Gasteiger partial charge < -0.3 is 19.7 Å². The first-order valence-corrected chi connectivity index (χ1v) is 4.54. The molecule has 5 heteroatoms. The lowest BCUT2D eigenvalue weighted by atomic mass is 9.96. The molecule has 0 radical (unpaired) electrons. The molecule has 0 heterocycles. The molecule has 0 saturated heterocycles. The Balaban J connectivity index is 4.59. The van der Waals surface area contributed by atoms with Crippen LogP contribution in [0.3, 0.4) is 0 Å². The molecule has 0 saturated carbocycles. The molecule has 84 valence electrons. The maximum absolute atomic E-state index is 10.9. The van der Waals surface area contributed by atoms with Crippen molar-refractivity contribution in [2.45, 2.75) is 38.1 Å². The zero-order valence-corrected chi connectivity index (χ0v) is 8.82. The molecule has 0 amide bonds. The topological polar surface area (TPSA) is 76.0 Å². The summed E-state index contributed by atoms with van der Waals surface area (Å²) in [4.78, 5) is 10.9. The average molecular weight is 206 g/mol. The third-order valence-electron chi connectivity index (χ3n) is 2.10. The molecule has 1 atom stereocenters. The molecule has 2 N–H and O–H groups in total. The van der Waals surface area contributed by atoms with Crippen LogP contribution in [0.4, 0.5) is 0 Å². The van der Waals surface area contributed by atoms with Gasteiger partial charge in [0, 0.05) is 14.2 Å². The van der Waals surface area contributed by atoms with Gasteiger partial charge in [0.2, 0.25) is 5.60 Å². The summed E-state index contributed by atoms with van der Waals surface area (Å²) in [5.41, 5.74) is -1.96. The smallest absolute Gasteiger partial charge is 0.341 e. The first-order chi connectivity index (χ1) is 6.52. The highest BCUT2D eigenvalue weighted by atomic mass is 16.7. The molecule has 0 aromatic heterocycles. The first-order valence-electron chi connectivity index (χ1n) is 4.54. The van der Waals surface area contributed by atoms with Gasteiger partial charge in [0.25, 0.3) is 0 Å². The number of ether oxygens (including phenoxy) is 2. The van der Waals surface area contributed by atoms with Crippen LogP contribution in [0.15, 0.2) is 0 Å². The highest BCUT2D eigenvalue weighted by molar-refractivity contribution is 5.77. The second-order valence-corrected chi connectivity index (χ2v) is 3.14. The maximum atomic E-state index is 10.9. The van der Waals surface area contributed by atoms with Crippen molar-refractivity contribution in [3.8, 4) is 0 Å². The van der Waals surface area contributed by atoms with Gasteiger partial charge in [0.15, 0.2) is 6.29 Å². The monoisotopic (exact) mass is 206 g/mol. The molecule has 5 nitrogen and oxygen atoms in total. The Morgan fingerprint density at radius 1 is 1.43 bits per heavy atom. The quantitative estimate of drug-likeness (QED) is 0.597. The number of aliphatic carboxylic acids is 1. The fourth-order valence-electron chi connectivity index (χ4n) is 1.26. The van der Waals surface area contributed by atoms with Gasteiger partial charge in [-0.3, -0.25) is 0 Å². The number of methoxy groups -OCH3 is 2. The minimum Gasteiger partial charge on any atom is -0.479 e. The van der Waals surface area contributed by atoms with Crippen LogP contribution < -0.4 is 0 Å². The largest absolute Gasteiger partial charge is 0.479 e. The van der Waals surface area contributed by atoms with Gasteiger partial charge in [-0.1, -0.05) is 19.8 Å². The third kappa shape index (κ3) is 2.94. The van der Waals surface area contributed by atoms with Gasteiger partial charge in [0.1, 0.15) is 0 Å². The van der Waals surface area contributed by atoms with Crippen molar-refractivity contribution < 1.29 is 24.5 Å². The predicted molar refractivity (Wildman–Crippen MR) is 49.9 cm³/mol. The summed E-state index contributed by atoms with van der Waals surface area (Å²) in [7, 11) is 2.60. The molecule has 0 rings (SSSR count). The lowest BCUT2D eigenvalue weighted by Gasteiger charge is -2.29. The molecule has 0 aliphatic heterocycles. The van der Waals surface area contributed by atoms with E-state index in [2.05, 4.69) is 0 Å². The number of rotatable bonds is 7. The Morgan fingerprint density at radius 2 is 1.93 bits per heavy atom. The number of carbonyl (C=O) groups is 1. The van der Waals surface area contributed by atoms with Crippen molar-refractivity contribution in [1.82, 2.24) is 0 Å². The molecule has 0 aliphatic carbocycles. The second kappa shape index (κ2) is 5.95.